The molecule has 2 unspecified atom stereocenters. The largest absolute Gasteiger partial charge is 0.448 e. The topological polar surface area (TPSA) is 34.4 Å². The molecule has 0 saturated carbocycles. The average Bonchev–Trinajstić information content (AvgIpc) is 2.70. The molecule has 0 spiro atoms. The predicted octanol–water partition coefficient (Wildman–Crippen LogP) is 3.79. The molecule has 18 heavy (non-hydrogen) atoms. The minimum atomic E-state index is -0.184. The van der Waals surface area contributed by atoms with Gasteiger partial charge in [0.2, 0.25) is 0 Å². The lowest BCUT2D eigenvalue weighted by Crippen LogP contribution is -2.37. The number of nitrogens with one attached hydrogen (secondary N) is 1. The molecule has 0 bridgehead atoms. The van der Waals surface area contributed by atoms with Crippen molar-refractivity contribution in [1.82, 2.24) is 5.32 Å². The van der Waals surface area contributed by atoms with E-state index in [1.165, 1.54) is 0 Å². The van der Waals surface area contributed by atoms with Gasteiger partial charge in [-0.2, -0.15) is 0 Å². The van der Waals surface area contributed by atoms with Crippen LogP contribution in [0.4, 0.5) is 0 Å². The molecule has 0 aliphatic carbocycles. The van der Waals surface area contributed by atoms with Crippen molar-refractivity contribution in [2.24, 2.45) is 5.92 Å². The summed E-state index contributed by atoms with van der Waals surface area (Å²) in [6.45, 7) is 8.55. The van der Waals surface area contributed by atoms with Crippen molar-refractivity contribution >= 4 is 11.6 Å². The molecule has 4 heteroatoms. The molecule has 102 valence electrons. The van der Waals surface area contributed by atoms with E-state index in [1.54, 1.807) is 6.07 Å². The first kappa shape index (κ1) is 13.9. The molecule has 2 atom stereocenters. The number of halogens is 1. The summed E-state index contributed by atoms with van der Waals surface area (Å²) in [6.07, 6.45) is 0.990. The Balaban J connectivity index is 2.28. The molecule has 1 saturated heterocycles. The summed E-state index contributed by atoms with van der Waals surface area (Å²) in [5.74, 6) is 1.22. The fourth-order valence-corrected chi connectivity index (χ4v) is 3.31. The number of ether oxygens (including phenoxy) is 1. The lowest BCUT2D eigenvalue weighted by Gasteiger charge is -2.31. The van der Waals surface area contributed by atoms with Gasteiger partial charge in [-0.05, 0) is 64.9 Å². The summed E-state index contributed by atoms with van der Waals surface area (Å²) in [5, 5.41) is 3.77. The summed E-state index contributed by atoms with van der Waals surface area (Å²) < 4.78 is 11.7. The third-order valence-corrected chi connectivity index (χ3v) is 3.96. The molecule has 1 N–H and O–H groups in total. The van der Waals surface area contributed by atoms with Crippen molar-refractivity contribution in [3.05, 3.63) is 23.1 Å². The summed E-state index contributed by atoms with van der Waals surface area (Å²) in [5.41, 5.74) is -0.282. The van der Waals surface area contributed by atoms with Crippen LogP contribution in [0.2, 0.25) is 5.22 Å². The van der Waals surface area contributed by atoms with E-state index in [4.69, 9.17) is 20.8 Å². The summed E-state index contributed by atoms with van der Waals surface area (Å²) in [7, 11) is 1.95. The zero-order chi connectivity index (χ0) is 13.6. The van der Waals surface area contributed by atoms with E-state index in [2.05, 4.69) is 33.0 Å². The molecule has 1 aromatic rings. The lowest BCUT2D eigenvalue weighted by molar-refractivity contribution is -0.0782. The Kier molecular flexibility index (Phi) is 3.52. The fourth-order valence-electron chi connectivity index (χ4n) is 3.16. The first-order valence-electron chi connectivity index (χ1n) is 6.38. The number of hydrogen-bond acceptors (Lipinski definition) is 3. The van der Waals surface area contributed by atoms with Crippen molar-refractivity contribution in [1.29, 1.82) is 0 Å². The van der Waals surface area contributed by atoms with E-state index in [0.29, 0.717) is 11.1 Å². The summed E-state index contributed by atoms with van der Waals surface area (Å²) in [6, 6.07) is 3.84. The van der Waals surface area contributed by atoms with Crippen molar-refractivity contribution in [2.45, 2.75) is 51.4 Å². The Hall–Kier alpha value is -0.510. The van der Waals surface area contributed by atoms with E-state index in [-0.39, 0.29) is 17.2 Å². The molecular formula is C14H22ClNO2. The Morgan fingerprint density at radius 3 is 2.39 bits per heavy atom. The molecule has 2 rings (SSSR count). The van der Waals surface area contributed by atoms with Crippen molar-refractivity contribution in [3.63, 3.8) is 0 Å². The van der Waals surface area contributed by atoms with Crippen molar-refractivity contribution < 1.29 is 9.15 Å². The third kappa shape index (κ3) is 2.58. The van der Waals surface area contributed by atoms with E-state index in [9.17, 15) is 0 Å². The molecule has 0 amide bonds. The van der Waals surface area contributed by atoms with Gasteiger partial charge in [-0.25, -0.2) is 0 Å². The van der Waals surface area contributed by atoms with Crippen molar-refractivity contribution in [2.75, 3.05) is 7.05 Å². The standard InChI is InChI=1S/C14H22ClNO2/c1-13(2)8-9(14(3,4)18-13)12(16-5)10-6-7-11(15)17-10/h6-7,9,12,16H,8H2,1-5H3. The van der Waals surface area contributed by atoms with E-state index >= 15 is 0 Å². The van der Waals surface area contributed by atoms with Gasteiger partial charge >= 0.3 is 0 Å². The minimum Gasteiger partial charge on any atom is -0.448 e. The maximum absolute atomic E-state index is 6.15. The highest BCUT2D eigenvalue weighted by Gasteiger charge is 2.49. The van der Waals surface area contributed by atoms with Crippen LogP contribution >= 0.6 is 11.6 Å². The van der Waals surface area contributed by atoms with Gasteiger partial charge in [-0.3, -0.25) is 0 Å². The van der Waals surface area contributed by atoms with Crippen LogP contribution in [0.25, 0.3) is 0 Å². The first-order valence-corrected chi connectivity index (χ1v) is 6.76. The van der Waals surface area contributed by atoms with Crippen LogP contribution in [-0.4, -0.2) is 18.2 Å². The zero-order valence-corrected chi connectivity index (χ0v) is 12.5. The lowest BCUT2D eigenvalue weighted by atomic mass is 9.81. The van der Waals surface area contributed by atoms with Crippen LogP contribution in [-0.2, 0) is 4.74 Å². The van der Waals surface area contributed by atoms with E-state index in [1.807, 2.05) is 13.1 Å². The van der Waals surface area contributed by atoms with Gasteiger partial charge in [0.15, 0.2) is 5.22 Å². The summed E-state index contributed by atoms with van der Waals surface area (Å²) >= 11 is 5.87. The molecule has 1 fully saturated rings. The summed E-state index contributed by atoms with van der Waals surface area (Å²) in [4.78, 5) is 0. The van der Waals surface area contributed by atoms with E-state index in [0.717, 1.165) is 12.2 Å². The molecule has 2 heterocycles. The highest BCUT2D eigenvalue weighted by atomic mass is 35.5. The Labute approximate surface area is 114 Å². The third-order valence-electron chi connectivity index (χ3n) is 3.76. The van der Waals surface area contributed by atoms with Gasteiger partial charge < -0.3 is 14.5 Å². The van der Waals surface area contributed by atoms with Crippen LogP contribution in [0.5, 0.6) is 0 Å². The van der Waals surface area contributed by atoms with Crippen LogP contribution in [0.1, 0.15) is 45.9 Å². The zero-order valence-electron chi connectivity index (χ0n) is 11.7. The molecule has 0 radical (unpaired) electrons. The maximum atomic E-state index is 6.15. The van der Waals surface area contributed by atoms with Crippen LogP contribution in [0.15, 0.2) is 16.5 Å². The van der Waals surface area contributed by atoms with Gasteiger partial charge in [0.05, 0.1) is 17.2 Å². The first-order chi connectivity index (χ1) is 8.25. The SMILES string of the molecule is CNC(c1ccc(Cl)o1)C1CC(C)(C)OC1(C)C. The van der Waals surface area contributed by atoms with Crippen LogP contribution in [0, 0.1) is 5.92 Å². The molecule has 1 aliphatic rings. The van der Waals surface area contributed by atoms with Crippen molar-refractivity contribution in [3.8, 4) is 0 Å². The van der Waals surface area contributed by atoms with Gasteiger partial charge in [-0.1, -0.05) is 0 Å². The number of hydrogen-bond donors (Lipinski definition) is 1. The van der Waals surface area contributed by atoms with Crippen LogP contribution in [0.3, 0.4) is 0 Å². The Bertz CT molecular complexity index is 425. The fraction of sp³-hybridized carbons (Fsp3) is 0.714. The monoisotopic (exact) mass is 271 g/mol. The second kappa shape index (κ2) is 4.55. The second-order valence-electron chi connectivity index (χ2n) is 6.18. The van der Waals surface area contributed by atoms with Gasteiger partial charge in [0.1, 0.15) is 5.76 Å². The van der Waals surface area contributed by atoms with Crippen LogP contribution < -0.4 is 5.32 Å². The van der Waals surface area contributed by atoms with Gasteiger partial charge in [0, 0.05) is 5.92 Å². The van der Waals surface area contributed by atoms with Gasteiger partial charge in [-0.15, -0.1) is 0 Å². The Morgan fingerprint density at radius 1 is 1.33 bits per heavy atom. The average molecular weight is 272 g/mol. The van der Waals surface area contributed by atoms with E-state index < -0.39 is 0 Å². The quantitative estimate of drug-likeness (QED) is 0.908. The second-order valence-corrected chi connectivity index (χ2v) is 6.56. The molecule has 3 nitrogen and oxygen atoms in total. The molecule has 0 aromatic carbocycles. The highest BCUT2D eigenvalue weighted by Crippen LogP contribution is 2.47. The number of rotatable bonds is 3. The smallest absolute Gasteiger partial charge is 0.193 e. The maximum Gasteiger partial charge on any atom is 0.193 e. The minimum absolute atomic E-state index is 0.0976. The molecular weight excluding hydrogens is 250 g/mol. The highest BCUT2D eigenvalue weighted by molar-refractivity contribution is 6.28. The normalized spacial score (nSPS) is 27.3. The number of furan rings is 1. The predicted molar refractivity (Wildman–Crippen MR) is 72.9 cm³/mol. The van der Waals surface area contributed by atoms with Gasteiger partial charge in [0.25, 0.3) is 0 Å². The molecule has 1 aliphatic heterocycles. The Morgan fingerprint density at radius 2 is 2.00 bits per heavy atom. The molecule has 1 aromatic heterocycles.